The van der Waals surface area contributed by atoms with Gasteiger partial charge >= 0.3 is 5.97 Å². The van der Waals surface area contributed by atoms with E-state index in [9.17, 15) is 13.2 Å². The van der Waals surface area contributed by atoms with Crippen LogP contribution >= 0.6 is 15.9 Å². The molecule has 0 bridgehead atoms. The molecule has 108 valence electrons. The first-order chi connectivity index (χ1) is 9.37. The molecule has 7 heteroatoms. The highest BCUT2D eigenvalue weighted by molar-refractivity contribution is 9.10. The van der Waals surface area contributed by atoms with Gasteiger partial charge in [0, 0.05) is 11.6 Å². The Balaban J connectivity index is 2.24. The maximum Gasteiger partial charge on any atom is 0.328 e. The lowest BCUT2D eigenvalue weighted by Gasteiger charge is -2.15. The van der Waals surface area contributed by atoms with Crippen LogP contribution in [0.2, 0.25) is 0 Å². The molecule has 1 aromatic rings. The number of hydrogen-bond donors (Lipinski definition) is 1. The first kappa shape index (κ1) is 15.1. The topological polar surface area (TPSA) is 80.7 Å². The monoisotopic (exact) mass is 360 g/mol. The van der Waals surface area contributed by atoms with Gasteiger partial charge in [0.15, 0.2) is 9.84 Å². The molecule has 1 aliphatic heterocycles. The van der Waals surface area contributed by atoms with Gasteiger partial charge in [-0.3, -0.25) is 0 Å². The second kappa shape index (κ2) is 5.97. The summed E-state index contributed by atoms with van der Waals surface area (Å²) >= 11 is 3.33. The highest BCUT2D eigenvalue weighted by Crippen LogP contribution is 2.32. The lowest BCUT2D eigenvalue weighted by Crippen LogP contribution is -2.18. The Morgan fingerprint density at radius 3 is 2.80 bits per heavy atom. The Morgan fingerprint density at radius 2 is 2.20 bits per heavy atom. The lowest BCUT2D eigenvalue weighted by molar-refractivity contribution is -0.131. The highest BCUT2D eigenvalue weighted by atomic mass is 79.9. The molecule has 2 rings (SSSR count). The Hall–Kier alpha value is -1.34. The molecule has 0 aliphatic carbocycles. The zero-order valence-electron chi connectivity index (χ0n) is 10.5. The Kier molecular flexibility index (Phi) is 4.49. The first-order valence-electron chi connectivity index (χ1n) is 5.94. The molecular formula is C13H13BrO5S. The minimum absolute atomic E-state index is 0.00355. The largest absolute Gasteiger partial charge is 0.488 e. The summed E-state index contributed by atoms with van der Waals surface area (Å²) in [4.78, 5) is 10.6. The van der Waals surface area contributed by atoms with Crippen molar-refractivity contribution in [2.24, 2.45) is 0 Å². The Labute approximate surface area is 125 Å². The molecule has 1 aromatic carbocycles. The van der Waals surface area contributed by atoms with Crippen LogP contribution in [0.1, 0.15) is 12.0 Å². The van der Waals surface area contributed by atoms with Crippen molar-refractivity contribution in [3.63, 3.8) is 0 Å². The molecule has 0 spiro atoms. The molecule has 0 amide bonds. The first-order valence-corrected chi connectivity index (χ1v) is 8.55. The van der Waals surface area contributed by atoms with Gasteiger partial charge in [-0.25, -0.2) is 13.2 Å². The summed E-state index contributed by atoms with van der Waals surface area (Å²) in [5, 5.41) is 8.67. The second-order valence-corrected chi connectivity index (χ2v) is 7.56. The van der Waals surface area contributed by atoms with Crippen LogP contribution in [0.15, 0.2) is 28.7 Å². The predicted octanol–water partition coefficient (Wildman–Crippen LogP) is 2.11. The third kappa shape index (κ3) is 3.83. The van der Waals surface area contributed by atoms with Crippen LogP contribution in [0, 0.1) is 0 Å². The number of rotatable bonds is 4. The number of hydrogen-bond acceptors (Lipinski definition) is 4. The Bertz CT molecular complexity index is 651. The molecule has 1 atom stereocenters. The number of aliphatic carboxylic acids is 1. The van der Waals surface area contributed by atoms with Crippen molar-refractivity contribution in [3.8, 4) is 5.75 Å². The number of ether oxygens (including phenoxy) is 1. The van der Waals surface area contributed by atoms with Crippen LogP contribution in [0.5, 0.6) is 5.75 Å². The number of para-hydroxylation sites is 1. The van der Waals surface area contributed by atoms with E-state index in [0.717, 1.165) is 6.08 Å². The SMILES string of the molecule is O=C(O)C=Cc1cccc(Br)c1OC1CCS(=O)(=O)C1. The minimum Gasteiger partial charge on any atom is -0.488 e. The third-order valence-corrected chi connectivity index (χ3v) is 5.24. The summed E-state index contributed by atoms with van der Waals surface area (Å²) < 4.78 is 29.3. The zero-order chi connectivity index (χ0) is 14.8. The van der Waals surface area contributed by atoms with Gasteiger partial charge in [0.2, 0.25) is 0 Å². The van der Waals surface area contributed by atoms with Gasteiger partial charge < -0.3 is 9.84 Å². The smallest absolute Gasteiger partial charge is 0.328 e. The van der Waals surface area contributed by atoms with Gasteiger partial charge in [0.05, 0.1) is 16.0 Å². The molecule has 0 saturated carbocycles. The number of carboxylic acids is 1. The zero-order valence-corrected chi connectivity index (χ0v) is 12.9. The van der Waals surface area contributed by atoms with Crippen molar-refractivity contribution in [2.75, 3.05) is 11.5 Å². The third-order valence-electron chi connectivity index (χ3n) is 2.88. The van der Waals surface area contributed by atoms with Crippen LogP contribution in [-0.2, 0) is 14.6 Å². The summed E-state index contributed by atoms with van der Waals surface area (Å²) in [5.74, 6) is -0.467. The number of sulfone groups is 1. The van der Waals surface area contributed by atoms with E-state index in [4.69, 9.17) is 9.84 Å². The van der Waals surface area contributed by atoms with Crippen molar-refractivity contribution < 1.29 is 23.1 Å². The standard InChI is InChI=1S/C13H13BrO5S/c14-11-3-1-2-9(4-5-12(15)16)13(11)19-10-6-7-20(17,18)8-10/h1-5,10H,6-8H2,(H,15,16). The van der Waals surface area contributed by atoms with E-state index in [2.05, 4.69) is 15.9 Å². The van der Waals surface area contributed by atoms with E-state index >= 15 is 0 Å². The molecule has 20 heavy (non-hydrogen) atoms. The summed E-state index contributed by atoms with van der Waals surface area (Å²) in [6.45, 7) is 0. The summed E-state index contributed by atoms with van der Waals surface area (Å²) in [6.07, 6.45) is 2.49. The van der Waals surface area contributed by atoms with Gasteiger partial charge in [-0.15, -0.1) is 0 Å². The molecule has 1 fully saturated rings. The average molecular weight is 361 g/mol. The maximum atomic E-state index is 11.4. The van der Waals surface area contributed by atoms with E-state index in [1.165, 1.54) is 6.08 Å². The van der Waals surface area contributed by atoms with Gasteiger partial charge in [-0.05, 0) is 34.5 Å². The van der Waals surface area contributed by atoms with E-state index in [1.807, 2.05) is 0 Å². The van der Waals surface area contributed by atoms with Crippen molar-refractivity contribution in [1.82, 2.24) is 0 Å². The summed E-state index contributed by atoms with van der Waals surface area (Å²) in [6, 6.07) is 5.23. The molecule has 1 saturated heterocycles. The van der Waals surface area contributed by atoms with E-state index < -0.39 is 21.9 Å². The number of carboxylic acid groups (broad SMARTS) is 1. The molecule has 0 radical (unpaired) electrons. The van der Waals surface area contributed by atoms with Crippen LogP contribution in [0.25, 0.3) is 6.08 Å². The van der Waals surface area contributed by atoms with Gasteiger partial charge in [-0.1, -0.05) is 12.1 Å². The predicted molar refractivity (Wildman–Crippen MR) is 78.5 cm³/mol. The number of carbonyl (C=O) groups is 1. The minimum atomic E-state index is -3.02. The van der Waals surface area contributed by atoms with Crippen molar-refractivity contribution in [3.05, 3.63) is 34.3 Å². The van der Waals surface area contributed by atoms with Crippen LogP contribution in [-0.4, -0.2) is 37.1 Å². The normalized spacial score (nSPS) is 21.1. The molecule has 5 nitrogen and oxygen atoms in total. The average Bonchev–Trinajstić information content (AvgIpc) is 2.69. The fourth-order valence-corrected chi connectivity index (χ4v) is 4.03. The number of halogens is 1. The van der Waals surface area contributed by atoms with E-state index in [0.29, 0.717) is 22.2 Å². The second-order valence-electron chi connectivity index (χ2n) is 4.47. The van der Waals surface area contributed by atoms with E-state index in [-0.39, 0.29) is 11.5 Å². The van der Waals surface area contributed by atoms with E-state index in [1.54, 1.807) is 18.2 Å². The van der Waals surface area contributed by atoms with Crippen molar-refractivity contribution in [1.29, 1.82) is 0 Å². The fourth-order valence-electron chi connectivity index (χ4n) is 1.96. The molecule has 1 unspecified atom stereocenters. The molecular weight excluding hydrogens is 348 g/mol. The molecule has 1 aliphatic rings. The molecule has 1 heterocycles. The van der Waals surface area contributed by atoms with Crippen LogP contribution in [0.3, 0.4) is 0 Å². The van der Waals surface area contributed by atoms with Crippen molar-refractivity contribution in [2.45, 2.75) is 12.5 Å². The van der Waals surface area contributed by atoms with Crippen LogP contribution in [0.4, 0.5) is 0 Å². The summed E-state index contributed by atoms with van der Waals surface area (Å²) in [5.41, 5.74) is 0.589. The van der Waals surface area contributed by atoms with Crippen molar-refractivity contribution >= 4 is 37.8 Å². The fraction of sp³-hybridized carbons (Fsp3) is 0.308. The summed E-state index contributed by atoms with van der Waals surface area (Å²) in [7, 11) is -3.02. The van der Waals surface area contributed by atoms with Gasteiger partial charge in [0.1, 0.15) is 11.9 Å². The van der Waals surface area contributed by atoms with Gasteiger partial charge in [-0.2, -0.15) is 0 Å². The van der Waals surface area contributed by atoms with Gasteiger partial charge in [0.25, 0.3) is 0 Å². The Morgan fingerprint density at radius 1 is 1.45 bits per heavy atom. The quantitative estimate of drug-likeness (QED) is 0.831. The van der Waals surface area contributed by atoms with Crippen LogP contribution < -0.4 is 4.74 Å². The maximum absolute atomic E-state index is 11.4. The lowest BCUT2D eigenvalue weighted by atomic mass is 10.2. The molecule has 0 aromatic heterocycles. The highest BCUT2D eigenvalue weighted by Gasteiger charge is 2.30. The molecule has 1 N–H and O–H groups in total. The number of benzene rings is 1.